The monoisotopic (exact) mass is 430 g/mol. The second-order valence-corrected chi connectivity index (χ2v) is 7.31. The molecule has 168 valence electrons. The van der Waals surface area contributed by atoms with Crippen molar-refractivity contribution in [3.05, 3.63) is 52.7 Å². The minimum Gasteiger partial charge on any atom is -0.356 e. The summed E-state index contributed by atoms with van der Waals surface area (Å²) < 4.78 is 27.6. The fourth-order valence-electron chi connectivity index (χ4n) is 3.55. The van der Waals surface area contributed by atoms with Gasteiger partial charge in [0.15, 0.2) is 0 Å². The van der Waals surface area contributed by atoms with E-state index in [9.17, 15) is 18.8 Å². The fourth-order valence-corrected chi connectivity index (χ4v) is 3.55. The van der Waals surface area contributed by atoms with Gasteiger partial charge in [-0.3, -0.25) is 4.79 Å². The third-order valence-electron chi connectivity index (χ3n) is 5.28. The number of alkyl halides is 2. The maximum Gasteiger partial charge on any atom is 0.259 e. The van der Waals surface area contributed by atoms with Gasteiger partial charge in [-0.05, 0) is 43.0 Å². The van der Waals surface area contributed by atoms with Crippen molar-refractivity contribution in [3.8, 4) is 6.07 Å². The molecule has 31 heavy (non-hydrogen) atoms. The van der Waals surface area contributed by atoms with Gasteiger partial charge in [0.05, 0.1) is 11.1 Å². The number of aromatic nitrogens is 1. The maximum absolute atomic E-state index is 13.8. The number of nitrogens with one attached hydrogen (secondary N) is 1. The predicted molar refractivity (Wildman–Crippen MR) is 122 cm³/mol. The summed E-state index contributed by atoms with van der Waals surface area (Å²) in [6, 6.07) is 9.57. The summed E-state index contributed by atoms with van der Waals surface area (Å²) >= 11 is 0. The Kier molecular flexibility index (Phi) is 8.49. The number of benzene rings is 1. The maximum atomic E-state index is 13.8. The highest BCUT2D eigenvalue weighted by Gasteiger charge is 2.33. The van der Waals surface area contributed by atoms with Crippen molar-refractivity contribution in [2.24, 2.45) is 0 Å². The van der Waals surface area contributed by atoms with Crippen LogP contribution in [-0.4, -0.2) is 29.9 Å². The SMILES string of the molecule is CC.CCc1cccc(NC(=O)c2c(N3CCCC(F)(F)CC3)ncc(C#N)c2C)c1.[HH]. The normalized spacial score (nSPS) is 15.2. The van der Waals surface area contributed by atoms with Crippen LogP contribution >= 0.6 is 0 Å². The highest BCUT2D eigenvalue weighted by molar-refractivity contribution is 6.09. The molecule has 0 unspecified atom stereocenters. The minimum absolute atomic E-state index is 0. The average Bonchev–Trinajstić information content (AvgIpc) is 2.95. The third-order valence-corrected chi connectivity index (χ3v) is 5.28. The molecule has 0 bridgehead atoms. The van der Waals surface area contributed by atoms with E-state index in [4.69, 9.17) is 0 Å². The lowest BCUT2D eigenvalue weighted by molar-refractivity contribution is -0.0102. The number of hydrogen-bond donors (Lipinski definition) is 1. The average molecular weight is 431 g/mol. The van der Waals surface area contributed by atoms with Crippen LogP contribution in [0.2, 0.25) is 0 Å². The molecular weight excluding hydrogens is 398 g/mol. The van der Waals surface area contributed by atoms with E-state index in [0.717, 1.165) is 12.0 Å². The molecule has 1 aliphatic heterocycles. The first kappa shape index (κ1) is 24.3. The molecule has 1 amide bonds. The van der Waals surface area contributed by atoms with Crippen LogP contribution in [0, 0.1) is 18.3 Å². The van der Waals surface area contributed by atoms with Crippen molar-refractivity contribution in [2.75, 3.05) is 23.3 Å². The summed E-state index contributed by atoms with van der Waals surface area (Å²) in [5.74, 6) is -2.76. The first-order valence-electron chi connectivity index (χ1n) is 10.8. The number of rotatable bonds is 4. The third kappa shape index (κ3) is 6.00. The number of carbonyl (C=O) groups excluding carboxylic acids is 1. The molecule has 0 radical (unpaired) electrons. The second-order valence-electron chi connectivity index (χ2n) is 7.31. The Morgan fingerprint density at radius 2 is 2.06 bits per heavy atom. The van der Waals surface area contributed by atoms with Crippen molar-refractivity contribution in [3.63, 3.8) is 0 Å². The lowest BCUT2D eigenvalue weighted by Crippen LogP contribution is -2.30. The molecule has 3 rings (SSSR count). The number of aryl methyl sites for hydroxylation is 1. The Balaban J connectivity index is 0.00000166. The van der Waals surface area contributed by atoms with Crippen LogP contribution in [-0.2, 0) is 6.42 Å². The summed E-state index contributed by atoms with van der Waals surface area (Å²) in [7, 11) is 0. The first-order valence-corrected chi connectivity index (χ1v) is 10.8. The number of halogens is 2. The molecule has 2 heterocycles. The van der Waals surface area contributed by atoms with Gasteiger partial charge < -0.3 is 10.2 Å². The van der Waals surface area contributed by atoms with Crippen molar-refractivity contribution >= 4 is 17.4 Å². The van der Waals surface area contributed by atoms with Crippen LogP contribution in [0.5, 0.6) is 0 Å². The van der Waals surface area contributed by atoms with E-state index in [1.165, 1.54) is 6.20 Å². The molecule has 0 aliphatic carbocycles. The van der Waals surface area contributed by atoms with Gasteiger partial charge in [0.25, 0.3) is 5.91 Å². The smallest absolute Gasteiger partial charge is 0.259 e. The highest BCUT2D eigenvalue weighted by Crippen LogP contribution is 2.32. The van der Waals surface area contributed by atoms with E-state index in [1.807, 2.05) is 45.0 Å². The Bertz CT molecular complexity index is 960. The number of carbonyl (C=O) groups is 1. The standard InChI is InChI=1S/C22H24F2N4O.C2H6.H2/c1-3-16-6-4-7-18(12-16)27-21(29)19-15(2)17(13-25)14-26-20(19)28-10-5-8-22(23,24)9-11-28;1-2;/h4,6-7,12,14H,3,5,8-11H2,1-2H3,(H,27,29);1-2H3;1H. The molecule has 7 heteroatoms. The molecule has 2 aromatic rings. The zero-order valence-electron chi connectivity index (χ0n) is 18.6. The zero-order chi connectivity index (χ0) is 23.0. The summed E-state index contributed by atoms with van der Waals surface area (Å²) in [5, 5.41) is 12.2. The van der Waals surface area contributed by atoms with Gasteiger partial charge in [-0.2, -0.15) is 5.26 Å². The van der Waals surface area contributed by atoms with Gasteiger partial charge in [0.2, 0.25) is 5.92 Å². The van der Waals surface area contributed by atoms with E-state index in [0.29, 0.717) is 35.6 Å². The van der Waals surface area contributed by atoms with Crippen molar-refractivity contribution < 1.29 is 15.0 Å². The molecule has 5 nitrogen and oxygen atoms in total. The van der Waals surface area contributed by atoms with Crippen LogP contribution < -0.4 is 10.2 Å². The number of nitriles is 1. The lowest BCUT2D eigenvalue weighted by atomic mass is 10.0. The second kappa shape index (κ2) is 10.9. The van der Waals surface area contributed by atoms with Gasteiger partial charge in [-0.1, -0.05) is 32.9 Å². The van der Waals surface area contributed by atoms with Crippen molar-refractivity contribution in [1.82, 2.24) is 4.98 Å². The lowest BCUT2D eigenvalue weighted by Gasteiger charge is -2.25. The van der Waals surface area contributed by atoms with Crippen LogP contribution in [0.4, 0.5) is 20.3 Å². The van der Waals surface area contributed by atoms with E-state index >= 15 is 0 Å². The molecule has 1 N–H and O–H groups in total. The highest BCUT2D eigenvalue weighted by atomic mass is 19.3. The van der Waals surface area contributed by atoms with Gasteiger partial charge >= 0.3 is 0 Å². The Morgan fingerprint density at radius 3 is 2.74 bits per heavy atom. The van der Waals surface area contributed by atoms with Crippen LogP contribution in [0.15, 0.2) is 30.5 Å². The molecule has 1 fully saturated rings. The first-order chi connectivity index (χ1) is 14.8. The molecule has 0 atom stereocenters. The topological polar surface area (TPSA) is 69.0 Å². The van der Waals surface area contributed by atoms with Crippen LogP contribution in [0.1, 0.15) is 68.5 Å². The van der Waals surface area contributed by atoms with Crippen molar-refractivity contribution in [1.29, 1.82) is 5.26 Å². The van der Waals surface area contributed by atoms with Gasteiger partial charge in [0, 0.05) is 39.2 Å². The Labute approximate surface area is 184 Å². The fraction of sp³-hybridized carbons (Fsp3) is 0.458. The summed E-state index contributed by atoms with van der Waals surface area (Å²) in [6.45, 7) is 8.21. The summed E-state index contributed by atoms with van der Waals surface area (Å²) in [4.78, 5) is 19.2. The molecule has 1 aliphatic rings. The van der Waals surface area contributed by atoms with Crippen molar-refractivity contribution in [2.45, 2.75) is 59.3 Å². The quantitative estimate of drug-likeness (QED) is 0.648. The zero-order valence-corrected chi connectivity index (χ0v) is 18.6. The molecule has 0 saturated carbocycles. The molecule has 1 saturated heterocycles. The summed E-state index contributed by atoms with van der Waals surface area (Å²) in [5.41, 5.74) is 2.78. The molecule has 1 aromatic heterocycles. The number of pyridine rings is 1. The van der Waals surface area contributed by atoms with Crippen LogP contribution in [0.25, 0.3) is 0 Å². The number of nitrogens with zero attached hydrogens (tertiary/aromatic N) is 3. The van der Waals surface area contributed by atoms with E-state index in [2.05, 4.69) is 10.3 Å². The molecular formula is C24H32F2N4O. The largest absolute Gasteiger partial charge is 0.356 e. The van der Waals surface area contributed by atoms with E-state index in [-0.39, 0.29) is 26.4 Å². The number of hydrogen-bond acceptors (Lipinski definition) is 4. The summed E-state index contributed by atoms with van der Waals surface area (Å²) in [6.07, 6.45) is 2.09. The van der Waals surface area contributed by atoms with Gasteiger partial charge in [0.1, 0.15) is 11.9 Å². The van der Waals surface area contributed by atoms with E-state index < -0.39 is 11.8 Å². The van der Waals surface area contributed by atoms with Gasteiger partial charge in [-0.15, -0.1) is 0 Å². The predicted octanol–water partition coefficient (Wildman–Crippen LogP) is 5.97. The minimum atomic E-state index is -2.71. The Hall–Kier alpha value is -3.01. The number of anilines is 2. The molecule has 1 aromatic carbocycles. The molecule has 0 spiro atoms. The number of amides is 1. The Morgan fingerprint density at radius 1 is 1.32 bits per heavy atom. The van der Waals surface area contributed by atoms with Crippen LogP contribution in [0.3, 0.4) is 0 Å². The van der Waals surface area contributed by atoms with Gasteiger partial charge in [-0.25, -0.2) is 13.8 Å². The van der Waals surface area contributed by atoms with E-state index in [1.54, 1.807) is 17.9 Å².